The molecule has 0 amide bonds. The summed E-state index contributed by atoms with van der Waals surface area (Å²) >= 11 is 0. The predicted molar refractivity (Wildman–Crippen MR) is 65.8 cm³/mol. The van der Waals surface area contributed by atoms with Gasteiger partial charge in [0.2, 0.25) is 0 Å². The lowest BCUT2D eigenvalue weighted by atomic mass is 10.2. The van der Waals surface area contributed by atoms with Crippen molar-refractivity contribution < 1.29 is 18.3 Å². The van der Waals surface area contributed by atoms with Crippen LogP contribution in [0, 0.1) is 0 Å². The van der Waals surface area contributed by atoms with Gasteiger partial charge in [-0.1, -0.05) is 0 Å². The normalized spacial score (nSPS) is 14.3. The first-order valence-electron chi connectivity index (χ1n) is 5.99. The fourth-order valence-corrected chi connectivity index (χ4v) is 2.13. The van der Waals surface area contributed by atoms with Crippen molar-refractivity contribution in [3.8, 4) is 0 Å². The molecule has 0 fully saturated rings. The number of hydrogen-bond donors (Lipinski definition) is 1. The first-order valence-corrected chi connectivity index (χ1v) is 5.99. The number of aliphatic hydroxyl groups excluding tert-OH is 1. The number of aliphatic hydroxyl groups is 1. The number of benzene rings is 1. The van der Waals surface area contributed by atoms with Crippen LogP contribution in [0.4, 0.5) is 13.2 Å². The summed E-state index contributed by atoms with van der Waals surface area (Å²) in [6.07, 6.45) is -5.22. The number of nitrogens with zero attached hydrogens (tertiary/aromatic N) is 2. The molecule has 0 aliphatic heterocycles. The van der Waals surface area contributed by atoms with Gasteiger partial charge in [-0.05, 0) is 39.0 Å². The molecule has 0 saturated heterocycles. The molecule has 0 bridgehead atoms. The number of rotatable bonds is 2. The Morgan fingerprint density at radius 2 is 1.84 bits per heavy atom. The van der Waals surface area contributed by atoms with E-state index in [1.807, 2.05) is 13.8 Å². The van der Waals surface area contributed by atoms with E-state index in [2.05, 4.69) is 4.98 Å². The number of hydrogen-bond acceptors (Lipinski definition) is 2. The monoisotopic (exact) mass is 272 g/mol. The first kappa shape index (κ1) is 13.9. The zero-order valence-electron chi connectivity index (χ0n) is 10.9. The van der Waals surface area contributed by atoms with E-state index >= 15 is 0 Å². The van der Waals surface area contributed by atoms with E-state index in [4.69, 9.17) is 0 Å². The Balaban J connectivity index is 2.70. The topological polar surface area (TPSA) is 38.1 Å². The second-order valence-corrected chi connectivity index (χ2v) is 4.81. The van der Waals surface area contributed by atoms with Gasteiger partial charge in [0.15, 0.2) is 0 Å². The fraction of sp³-hybridized carbons (Fsp3) is 0.462. The Morgan fingerprint density at radius 3 is 2.32 bits per heavy atom. The molecular formula is C13H15F3N2O. The summed E-state index contributed by atoms with van der Waals surface area (Å²) in [6.45, 7) is 5.33. The summed E-state index contributed by atoms with van der Waals surface area (Å²) in [5.74, 6) is 0.379. The molecule has 1 aromatic heterocycles. The van der Waals surface area contributed by atoms with E-state index < -0.39 is 17.8 Å². The van der Waals surface area contributed by atoms with E-state index in [-0.39, 0.29) is 11.6 Å². The van der Waals surface area contributed by atoms with Crippen molar-refractivity contribution in [1.29, 1.82) is 0 Å². The molecule has 2 rings (SSSR count). The van der Waals surface area contributed by atoms with Crippen molar-refractivity contribution in [2.75, 3.05) is 0 Å². The number of alkyl halides is 3. The van der Waals surface area contributed by atoms with Crippen LogP contribution in [-0.4, -0.2) is 14.7 Å². The zero-order valence-corrected chi connectivity index (χ0v) is 10.9. The van der Waals surface area contributed by atoms with Crippen LogP contribution < -0.4 is 0 Å². The highest BCUT2D eigenvalue weighted by molar-refractivity contribution is 5.77. The van der Waals surface area contributed by atoms with Crippen molar-refractivity contribution in [3.05, 3.63) is 29.6 Å². The quantitative estimate of drug-likeness (QED) is 0.905. The van der Waals surface area contributed by atoms with Gasteiger partial charge in [0.1, 0.15) is 11.9 Å². The van der Waals surface area contributed by atoms with Crippen LogP contribution in [0.1, 0.15) is 44.3 Å². The number of fused-ring (bicyclic) bond motifs is 1. The third-order valence-electron chi connectivity index (χ3n) is 2.93. The molecular weight excluding hydrogens is 257 g/mol. The van der Waals surface area contributed by atoms with Crippen LogP contribution in [0.15, 0.2) is 18.2 Å². The molecule has 0 aliphatic rings. The molecule has 104 valence electrons. The third-order valence-corrected chi connectivity index (χ3v) is 2.93. The number of halogens is 3. The van der Waals surface area contributed by atoms with Crippen molar-refractivity contribution >= 4 is 11.0 Å². The lowest BCUT2D eigenvalue weighted by molar-refractivity contribution is -0.137. The summed E-state index contributed by atoms with van der Waals surface area (Å²) in [4.78, 5) is 4.12. The highest BCUT2D eigenvalue weighted by Crippen LogP contribution is 2.33. The average Bonchev–Trinajstić information content (AvgIpc) is 2.65. The molecule has 0 saturated carbocycles. The van der Waals surface area contributed by atoms with Gasteiger partial charge in [-0.3, -0.25) is 0 Å². The molecule has 0 aliphatic carbocycles. The summed E-state index contributed by atoms with van der Waals surface area (Å²) in [5, 5.41) is 9.68. The smallest absolute Gasteiger partial charge is 0.385 e. The molecule has 1 N–H and O–H groups in total. The Labute approximate surface area is 108 Å². The van der Waals surface area contributed by atoms with Gasteiger partial charge >= 0.3 is 6.18 Å². The van der Waals surface area contributed by atoms with E-state index in [1.54, 1.807) is 11.5 Å². The van der Waals surface area contributed by atoms with Crippen LogP contribution in [0.5, 0.6) is 0 Å². The van der Waals surface area contributed by atoms with Gasteiger partial charge in [-0.25, -0.2) is 4.98 Å². The maximum Gasteiger partial charge on any atom is 0.416 e. The SMILES string of the molecule is CC(O)c1nc2cc(C(F)(F)F)ccc2n1C(C)C. The lowest BCUT2D eigenvalue weighted by Crippen LogP contribution is -2.09. The van der Waals surface area contributed by atoms with Gasteiger partial charge in [-0.2, -0.15) is 13.2 Å². The zero-order chi connectivity index (χ0) is 14.4. The summed E-state index contributed by atoms with van der Waals surface area (Å²) in [6, 6.07) is 3.46. The van der Waals surface area contributed by atoms with Crippen LogP contribution >= 0.6 is 0 Å². The van der Waals surface area contributed by atoms with Gasteiger partial charge in [-0.15, -0.1) is 0 Å². The van der Waals surface area contributed by atoms with Gasteiger partial charge in [0.05, 0.1) is 16.6 Å². The predicted octanol–water partition coefficient (Wildman–Crippen LogP) is 3.69. The number of imidazole rings is 1. The molecule has 2 aromatic rings. The minimum atomic E-state index is -4.39. The summed E-state index contributed by atoms with van der Waals surface area (Å²) in [5.41, 5.74) is 0.115. The lowest BCUT2D eigenvalue weighted by Gasteiger charge is -2.14. The van der Waals surface area contributed by atoms with Crippen LogP contribution in [-0.2, 0) is 6.18 Å². The van der Waals surface area contributed by atoms with Crippen molar-refractivity contribution in [1.82, 2.24) is 9.55 Å². The van der Waals surface area contributed by atoms with E-state index in [0.717, 1.165) is 12.1 Å². The van der Waals surface area contributed by atoms with Crippen LogP contribution in [0.3, 0.4) is 0 Å². The molecule has 0 spiro atoms. The van der Waals surface area contributed by atoms with Crippen molar-refractivity contribution in [2.45, 2.75) is 39.1 Å². The van der Waals surface area contributed by atoms with E-state index in [1.165, 1.54) is 6.07 Å². The molecule has 1 aromatic carbocycles. The largest absolute Gasteiger partial charge is 0.416 e. The second-order valence-electron chi connectivity index (χ2n) is 4.81. The Bertz CT molecular complexity index is 600. The highest BCUT2D eigenvalue weighted by atomic mass is 19.4. The minimum Gasteiger partial charge on any atom is -0.385 e. The minimum absolute atomic E-state index is 0.00587. The molecule has 3 nitrogen and oxygen atoms in total. The summed E-state index contributed by atoms with van der Waals surface area (Å²) < 4.78 is 39.7. The molecule has 1 unspecified atom stereocenters. The Hall–Kier alpha value is -1.56. The van der Waals surface area contributed by atoms with Gasteiger partial charge < -0.3 is 9.67 Å². The van der Waals surface area contributed by atoms with Gasteiger partial charge in [0.25, 0.3) is 0 Å². The van der Waals surface area contributed by atoms with Crippen LogP contribution in [0.25, 0.3) is 11.0 Å². The average molecular weight is 272 g/mol. The van der Waals surface area contributed by atoms with E-state index in [0.29, 0.717) is 11.3 Å². The Kier molecular flexibility index (Phi) is 3.30. The molecule has 1 heterocycles. The van der Waals surface area contributed by atoms with Crippen LogP contribution in [0.2, 0.25) is 0 Å². The highest BCUT2D eigenvalue weighted by Gasteiger charge is 2.31. The summed E-state index contributed by atoms with van der Waals surface area (Å²) in [7, 11) is 0. The first-order chi connectivity index (χ1) is 8.71. The standard InChI is InChI=1S/C13H15F3N2O/c1-7(2)18-11-5-4-9(13(14,15)16)6-10(11)17-12(18)8(3)19/h4-8,19H,1-3H3. The van der Waals surface area contributed by atoms with E-state index in [9.17, 15) is 18.3 Å². The third kappa shape index (κ3) is 2.45. The second kappa shape index (κ2) is 4.52. The fourth-order valence-electron chi connectivity index (χ4n) is 2.13. The van der Waals surface area contributed by atoms with Gasteiger partial charge in [0, 0.05) is 6.04 Å². The maximum absolute atomic E-state index is 12.7. The molecule has 0 radical (unpaired) electrons. The molecule has 1 atom stereocenters. The molecule has 19 heavy (non-hydrogen) atoms. The number of aromatic nitrogens is 2. The Morgan fingerprint density at radius 1 is 1.21 bits per heavy atom. The van der Waals surface area contributed by atoms with Crippen molar-refractivity contribution in [2.24, 2.45) is 0 Å². The van der Waals surface area contributed by atoms with Crippen molar-refractivity contribution in [3.63, 3.8) is 0 Å². The molecule has 6 heteroatoms. The maximum atomic E-state index is 12.7.